The van der Waals surface area contributed by atoms with Gasteiger partial charge in [0.1, 0.15) is 0 Å². The minimum Gasteiger partial charge on any atom is -0.350 e. The number of hydrogen-bond donors (Lipinski definition) is 1. The Morgan fingerprint density at radius 3 is 2.56 bits per heavy atom. The van der Waals surface area contributed by atoms with Crippen LogP contribution in [0.15, 0.2) is 30.6 Å². The lowest BCUT2D eigenvalue weighted by Gasteiger charge is -2.08. The van der Waals surface area contributed by atoms with Gasteiger partial charge in [0, 0.05) is 24.0 Å². The van der Waals surface area contributed by atoms with Crippen LogP contribution in [-0.4, -0.2) is 21.9 Å². The number of hydrogen-bond acceptors (Lipinski definition) is 3. The summed E-state index contributed by atoms with van der Waals surface area (Å²) in [6, 6.07) is 5.44. The van der Waals surface area contributed by atoms with Gasteiger partial charge in [0.25, 0.3) is 5.91 Å². The van der Waals surface area contributed by atoms with Crippen LogP contribution in [-0.2, 0) is 0 Å². The van der Waals surface area contributed by atoms with E-state index in [1.165, 1.54) is 0 Å². The number of aromatic nitrogens is 2. The molecule has 0 atom stereocenters. The lowest BCUT2D eigenvalue weighted by Crippen LogP contribution is -2.30. The Kier molecular flexibility index (Phi) is 2.81. The number of nitrogens with zero attached hydrogens (tertiary/aromatic N) is 2. The van der Waals surface area contributed by atoms with Crippen LogP contribution in [0.2, 0.25) is 0 Å². The first-order valence-electron chi connectivity index (χ1n) is 5.18. The van der Waals surface area contributed by atoms with Crippen molar-refractivity contribution in [3.05, 3.63) is 36.2 Å². The SMILES string of the molecule is CC(C)NC(=O)c1ccc2nccnc2c1. The van der Waals surface area contributed by atoms with Crippen molar-refractivity contribution < 1.29 is 4.79 Å². The van der Waals surface area contributed by atoms with Crippen molar-refractivity contribution in [3.63, 3.8) is 0 Å². The van der Waals surface area contributed by atoms with Crippen molar-refractivity contribution in [3.8, 4) is 0 Å². The second kappa shape index (κ2) is 4.26. The molecule has 2 aromatic rings. The first kappa shape index (κ1) is 10.5. The summed E-state index contributed by atoms with van der Waals surface area (Å²) >= 11 is 0. The maximum atomic E-state index is 11.7. The summed E-state index contributed by atoms with van der Waals surface area (Å²) in [5.41, 5.74) is 2.14. The molecule has 1 aromatic carbocycles. The van der Waals surface area contributed by atoms with Crippen molar-refractivity contribution in [2.45, 2.75) is 19.9 Å². The van der Waals surface area contributed by atoms with E-state index in [2.05, 4.69) is 15.3 Å². The highest BCUT2D eigenvalue weighted by molar-refractivity contribution is 5.97. The Hall–Kier alpha value is -1.97. The summed E-state index contributed by atoms with van der Waals surface area (Å²) in [5.74, 6) is -0.0810. The van der Waals surface area contributed by atoms with Gasteiger partial charge in [-0.25, -0.2) is 0 Å². The summed E-state index contributed by atoms with van der Waals surface area (Å²) in [4.78, 5) is 20.0. The molecule has 2 rings (SSSR count). The van der Waals surface area contributed by atoms with E-state index in [1.807, 2.05) is 13.8 Å². The van der Waals surface area contributed by atoms with E-state index in [-0.39, 0.29) is 11.9 Å². The molecule has 0 saturated carbocycles. The number of benzene rings is 1. The van der Waals surface area contributed by atoms with Crippen LogP contribution in [0.5, 0.6) is 0 Å². The van der Waals surface area contributed by atoms with Crippen LogP contribution in [0.1, 0.15) is 24.2 Å². The van der Waals surface area contributed by atoms with Crippen molar-refractivity contribution in [1.82, 2.24) is 15.3 Å². The summed E-state index contributed by atoms with van der Waals surface area (Å²) in [6.07, 6.45) is 3.25. The standard InChI is InChI=1S/C12H13N3O/c1-8(2)15-12(16)9-3-4-10-11(7-9)14-6-5-13-10/h3-8H,1-2H3,(H,15,16). The van der Waals surface area contributed by atoms with Gasteiger partial charge in [0.2, 0.25) is 0 Å². The van der Waals surface area contributed by atoms with Gasteiger partial charge < -0.3 is 5.32 Å². The molecule has 82 valence electrons. The fourth-order valence-corrected chi connectivity index (χ4v) is 1.45. The molecule has 0 saturated heterocycles. The number of nitrogens with one attached hydrogen (secondary N) is 1. The zero-order valence-electron chi connectivity index (χ0n) is 9.27. The molecule has 1 N–H and O–H groups in total. The summed E-state index contributed by atoms with van der Waals surface area (Å²) in [6.45, 7) is 3.86. The molecule has 0 spiro atoms. The molecule has 0 bridgehead atoms. The molecular formula is C12H13N3O. The zero-order valence-corrected chi connectivity index (χ0v) is 9.27. The largest absolute Gasteiger partial charge is 0.350 e. The third-order valence-electron chi connectivity index (χ3n) is 2.15. The molecular weight excluding hydrogens is 202 g/mol. The highest BCUT2D eigenvalue weighted by Gasteiger charge is 2.07. The predicted molar refractivity (Wildman–Crippen MR) is 62.1 cm³/mol. The third kappa shape index (κ3) is 2.16. The van der Waals surface area contributed by atoms with E-state index in [0.29, 0.717) is 5.56 Å². The lowest BCUT2D eigenvalue weighted by atomic mass is 10.1. The molecule has 0 fully saturated rings. The summed E-state index contributed by atoms with van der Waals surface area (Å²) < 4.78 is 0. The van der Waals surface area contributed by atoms with Crippen LogP contribution in [0.3, 0.4) is 0 Å². The highest BCUT2D eigenvalue weighted by Crippen LogP contribution is 2.10. The molecule has 0 aliphatic carbocycles. The number of rotatable bonds is 2. The maximum absolute atomic E-state index is 11.7. The van der Waals surface area contributed by atoms with Crippen LogP contribution < -0.4 is 5.32 Å². The van der Waals surface area contributed by atoms with Crippen molar-refractivity contribution >= 4 is 16.9 Å². The van der Waals surface area contributed by atoms with Gasteiger partial charge in [-0.2, -0.15) is 0 Å². The monoisotopic (exact) mass is 215 g/mol. The van der Waals surface area contributed by atoms with Gasteiger partial charge in [-0.05, 0) is 32.0 Å². The first-order valence-corrected chi connectivity index (χ1v) is 5.18. The first-order chi connectivity index (χ1) is 7.66. The topological polar surface area (TPSA) is 54.9 Å². The maximum Gasteiger partial charge on any atom is 0.251 e. The molecule has 0 unspecified atom stereocenters. The second-order valence-corrected chi connectivity index (χ2v) is 3.89. The number of amides is 1. The van der Waals surface area contributed by atoms with Crippen molar-refractivity contribution in [2.24, 2.45) is 0 Å². The highest BCUT2D eigenvalue weighted by atomic mass is 16.1. The Morgan fingerprint density at radius 2 is 1.88 bits per heavy atom. The molecule has 16 heavy (non-hydrogen) atoms. The molecule has 4 heteroatoms. The fraction of sp³-hybridized carbons (Fsp3) is 0.250. The van der Waals surface area contributed by atoms with Gasteiger partial charge in [-0.15, -0.1) is 0 Å². The molecule has 1 amide bonds. The fourth-order valence-electron chi connectivity index (χ4n) is 1.45. The minimum atomic E-state index is -0.0810. The van der Waals surface area contributed by atoms with E-state index < -0.39 is 0 Å². The average molecular weight is 215 g/mol. The van der Waals surface area contributed by atoms with E-state index in [1.54, 1.807) is 30.6 Å². The van der Waals surface area contributed by atoms with Crippen LogP contribution in [0.4, 0.5) is 0 Å². The van der Waals surface area contributed by atoms with Gasteiger partial charge in [-0.1, -0.05) is 0 Å². The smallest absolute Gasteiger partial charge is 0.251 e. The second-order valence-electron chi connectivity index (χ2n) is 3.89. The summed E-state index contributed by atoms with van der Waals surface area (Å²) in [5, 5.41) is 2.84. The third-order valence-corrected chi connectivity index (χ3v) is 2.15. The van der Waals surface area contributed by atoms with E-state index in [0.717, 1.165) is 11.0 Å². The molecule has 1 heterocycles. The van der Waals surface area contributed by atoms with Gasteiger partial charge in [0.05, 0.1) is 11.0 Å². The predicted octanol–water partition coefficient (Wildman–Crippen LogP) is 1.77. The molecule has 0 aliphatic rings. The average Bonchev–Trinajstić information content (AvgIpc) is 2.27. The van der Waals surface area contributed by atoms with E-state index in [9.17, 15) is 4.79 Å². The lowest BCUT2D eigenvalue weighted by molar-refractivity contribution is 0.0943. The van der Waals surface area contributed by atoms with Crippen molar-refractivity contribution in [1.29, 1.82) is 0 Å². The molecule has 1 aromatic heterocycles. The molecule has 0 radical (unpaired) electrons. The van der Waals surface area contributed by atoms with E-state index >= 15 is 0 Å². The quantitative estimate of drug-likeness (QED) is 0.830. The molecule has 0 aliphatic heterocycles. The number of fused-ring (bicyclic) bond motifs is 1. The van der Waals surface area contributed by atoms with Crippen LogP contribution >= 0.6 is 0 Å². The van der Waals surface area contributed by atoms with Gasteiger partial charge >= 0.3 is 0 Å². The number of carbonyl (C=O) groups excluding carboxylic acids is 1. The van der Waals surface area contributed by atoms with Crippen molar-refractivity contribution in [2.75, 3.05) is 0 Å². The normalized spacial score (nSPS) is 10.7. The zero-order chi connectivity index (χ0) is 11.5. The van der Waals surface area contributed by atoms with Gasteiger partial charge in [0.15, 0.2) is 0 Å². The Labute approximate surface area is 93.7 Å². The Bertz CT molecular complexity index is 522. The summed E-state index contributed by atoms with van der Waals surface area (Å²) in [7, 11) is 0. The Balaban J connectivity index is 2.35. The van der Waals surface area contributed by atoms with E-state index in [4.69, 9.17) is 0 Å². The van der Waals surface area contributed by atoms with Gasteiger partial charge in [-0.3, -0.25) is 14.8 Å². The minimum absolute atomic E-state index is 0.0810. The molecule has 4 nitrogen and oxygen atoms in total. The number of carbonyl (C=O) groups is 1. The van der Waals surface area contributed by atoms with Crippen LogP contribution in [0.25, 0.3) is 11.0 Å². The van der Waals surface area contributed by atoms with Crippen LogP contribution in [0, 0.1) is 0 Å². The Morgan fingerprint density at radius 1 is 1.19 bits per heavy atom.